The average molecular weight is 301 g/mol. The maximum atomic E-state index is 11.5. The summed E-state index contributed by atoms with van der Waals surface area (Å²) < 4.78 is 2.74. The zero-order valence-corrected chi connectivity index (χ0v) is 12.7. The van der Waals surface area contributed by atoms with Gasteiger partial charge in [0.1, 0.15) is 0 Å². The Hall–Kier alpha value is -2.39. The average Bonchev–Trinajstić information content (AvgIpc) is 2.75. The van der Waals surface area contributed by atoms with E-state index in [-0.39, 0.29) is 11.8 Å². The molecule has 1 aromatic carbocycles. The van der Waals surface area contributed by atoms with Crippen LogP contribution in [0, 0.1) is 12.3 Å². The topological polar surface area (TPSA) is 63.5 Å². The fraction of sp³-hybridized carbons (Fsp3) is 0.267. The fourth-order valence-corrected chi connectivity index (χ4v) is 2.96. The second-order valence-electron chi connectivity index (χ2n) is 4.40. The van der Waals surface area contributed by atoms with E-state index < -0.39 is 0 Å². The maximum Gasteiger partial charge on any atom is 0.248 e. The second-order valence-corrected chi connectivity index (χ2v) is 5.41. The van der Waals surface area contributed by atoms with Crippen molar-refractivity contribution in [3.63, 3.8) is 0 Å². The summed E-state index contributed by atoms with van der Waals surface area (Å²) in [4.78, 5) is 27.3. The highest BCUT2D eigenvalue weighted by Gasteiger charge is 2.08. The van der Waals surface area contributed by atoms with E-state index in [4.69, 9.17) is 6.42 Å². The molecule has 1 aromatic heterocycles. The van der Waals surface area contributed by atoms with Gasteiger partial charge in [0, 0.05) is 19.0 Å². The van der Waals surface area contributed by atoms with Gasteiger partial charge in [-0.25, -0.2) is 0 Å². The number of anilines is 1. The number of carbonyl (C=O) groups excluding carboxylic acids is 2. The first-order valence-corrected chi connectivity index (χ1v) is 7.28. The number of terminal acetylenes is 1. The molecule has 5 nitrogen and oxygen atoms in total. The van der Waals surface area contributed by atoms with Crippen molar-refractivity contribution in [2.45, 2.75) is 26.8 Å². The molecule has 0 fully saturated rings. The van der Waals surface area contributed by atoms with Gasteiger partial charge in [-0.05, 0) is 18.2 Å². The Kier molecular flexibility index (Phi) is 4.55. The van der Waals surface area contributed by atoms with Crippen LogP contribution < -0.4 is 10.1 Å². The third kappa shape index (κ3) is 3.38. The summed E-state index contributed by atoms with van der Waals surface area (Å²) in [5, 5.41) is 2.73. The molecule has 2 aromatic rings. The minimum Gasteiger partial charge on any atom is -0.326 e. The van der Waals surface area contributed by atoms with Crippen LogP contribution in [0.5, 0.6) is 0 Å². The third-order valence-electron chi connectivity index (χ3n) is 2.78. The first kappa shape index (κ1) is 15.0. The van der Waals surface area contributed by atoms with Gasteiger partial charge < -0.3 is 9.88 Å². The molecular weight excluding hydrogens is 286 g/mol. The van der Waals surface area contributed by atoms with Crippen molar-refractivity contribution in [1.82, 2.24) is 4.57 Å². The van der Waals surface area contributed by atoms with Crippen molar-refractivity contribution >= 4 is 39.1 Å². The summed E-state index contributed by atoms with van der Waals surface area (Å²) in [7, 11) is 0. The number of rotatable bonds is 3. The van der Waals surface area contributed by atoms with Crippen LogP contribution in [-0.2, 0) is 16.1 Å². The molecule has 0 aliphatic rings. The van der Waals surface area contributed by atoms with Gasteiger partial charge in [0.25, 0.3) is 0 Å². The summed E-state index contributed by atoms with van der Waals surface area (Å²) >= 11 is 1.38. The summed E-state index contributed by atoms with van der Waals surface area (Å²) in [5.41, 5.74) is 1.60. The lowest BCUT2D eigenvalue weighted by Crippen LogP contribution is -2.16. The van der Waals surface area contributed by atoms with E-state index in [9.17, 15) is 9.59 Å². The van der Waals surface area contributed by atoms with Crippen LogP contribution in [0.3, 0.4) is 0 Å². The van der Waals surface area contributed by atoms with Crippen molar-refractivity contribution in [2.24, 2.45) is 4.99 Å². The van der Waals surface area contributed by atoms with E-state index in [1.807, 2.05) is 16.7 Å². The van der Waals surface area contributed by atoms with Gasteiger partial charge >= 0.3 is 0 Å². The van der Waals surface area contributed by atoms with Crippen LogP contribution in [0.2, 0.25) is 0 Å². The quantitative estimate of drug-likeness (QED) is 0.883. The zero-order valence-electron chi connectivity index (χ0n) is 11.8. The zero-order chi connectivity index (χ0) is 15.4. The lowest BCUT2D eigenvalue weighted by atomic mass is 10.3. The molecule has 108 valence electrons. The van der Waals surface area contributed by atoms with Crippen molar-refractivity contribution in [1.29, 1.82) is 0 Å². The van der Waals surface area contributed by atoms with Gasteiger partial charge in [-0.15, -0.1) is 6.42 Å². The highest BCUT2D eigenvalue weighted by Crippen LogP contribution is 2.22. The van der Waals surface area contributed by atoms with Crippen molar-refractivity contribution in [3.05, 3.63) is 23.0 Å². The van der Waals surface area contributed by atoms with Crippen LogP contribution in [0.1, 0.15) is 20.3 Å². The number of aromatic nitrogens is 1. The lowest BCUT2D eigenvalue weighted by molar-refractivity contribution is -0.117. The highest BCUT2D eigenvalue weighted by atomic mass is 32.1. The molecule has 2 amide bonds. The molecule has 21 heavy (non-hydrogen) atoms. The van der Waals surface area contributed by atoms with Crippen molar-refractivity contribution in [2.75, 3.05) is 5.32 Å². The molecule has 6 heteroatoms. The van der Waals surface area contributed by atoms with Gasteiger partial charge in [-0.3, -0.25) is 9.59 Å². The van der Waals surface area contributed by atoms with Gasteiger partial charge in [0.05, 0.1) is 16.8 Å². The Balaban J connectivity index is 2.61. The van der Waals surface area contributed by atoms with Crippen LogP contribution in [0.4, 0.5) is 5.69 Å². The number of carbonyl (C=O) groups is 2. The summed E-state index contributed by atoms with van der Waals surface area (Å²) in [6.45, 7) is 3.56. The highest BCUT2D eigenvalue weighted by molar-refractivity contribution is 7.16. The standard InChI is InChI=1S/C15H15N3O2S/c1-4-8-18-12-7-6-11(16-10(3)19)9-13(12)21-15(18)17-14(20)5-2/h1,6-7,9H,5,8H2,2-3H3,(H,16,19). The molecule has 0 saturated carbocycles. The molecule has 0 atom stereocenters. The van der Waals surface area contributed by atoms with Crippen molar-refractivity contribution in [3.8, 4) is 12.3 Å². The third-order valence-corrected chi connectivity index (χ3v) is 3.82. The Bertz CT molecular complexity index is 808. The van der Waals surface area contributed by atoms with E-state index in [1.54, 1.807) is 13.0 Å². The molecule has 0 spiro atoms. The number of amides is 2. The number of benzene rings is 1. The molecule has 0 aliphatic heterocycles. The van der Waals surface area contributed by atoms with Gasteiger partial charge in [0.2, 0.25) is 11.8 Å². The van der Waals surface area contributed by atoms with Crippen molar-refractivity contribution < 1.29 is 9.59 Å². The molecule has 0 unspecified atom stereocenters. The summed E-state index contributed by atoms with van der Waals surface area (Å²) in [6.07, 6.45) is 5.74. The largest absolute Gasteiger partial charge is 0.326 e. The molecule has 0 aliphatic carbocycles. The number of hydrogen-bond acceptors (Lipinski definition) is 3. The fourth-order valence-electron chi connectivity index (χ4n) is 1.87. The van der Waals surface area contributed by atoms with E-state index in [0.717, 1.165) is 10.2 Å². The Morgan fingerprint density at radius 2 is 2.24 bits per heavy atom. The maximum absolute atomic E-state index is 11.5. The smallest absolute Gasteiger partial charge is 0.248 e. The Morgan fingerprint density at radius 1 is 1.48 bits per heavy atom. The minimum absolute atomic E-state index is 0.131. The minimum atomic E-state index is -0.186. The normalized spacial score (nSPS) is 11.4. The van der Waals surface area contributed by atoms with E-state index in [0.29, 0.717) is 23.5 Å². The Labute approximate surface area is 126 Å². The first-order chi connectivity index (χ1) is 10.0. The SMILES string of the molecule is C#CCn1c(=NC(=O)CC)sc2cc(NC(C)=O)ccc21. The predicted octanol–water partition coefficient (Wildman–Crippen LogP) is 2.13. The second kappa shape index (κ2) is 6.37. The summed E-state index contributed by atoms with van der Waals surface area (Å²) in [5.74, 6) is 2.25. The van der Waals surface area contributed by atoms with Crippen LogP contribution in [-0.4, -0.2) is 16.4 Å². The lowest BCUT2D eigenvalue weighted by Gasteiger charge is -2.03. The van der Waals surface area contributed by atoms with Gasteiger partial charge in [-0.2, -0.15) is 4.99 Å². The molecule has 2 rings (SSSR count). The first-order valence-electron chi connectivity index (χ1n) is 6.47. The molecule has 0 bridgehead atoms. The monoisotopic (exact) mass is 301 g/mol. The number of fused-ring (bicyclic) bond motifs is 1. The molecule has 0 saturated heterocycles. The summed E-state index contributed by atoms with van der Waals surface area (Å²) in [6, 6.07) is 5.52. The number of hydrogen-bond donors (Lipinski definition) is 1. The van der Waals surface area contributed by atoms with Gasteiger partial charge in [0.15, 0.2) is 4.80 Å². The van der Waals surface area contributed by atoms with Crippen LogP contribution >= 0.6 is 11.3 Å². The molecular formula is C15H15N3O2S. The molecule has 1 heterocycles. The predicted molar refractivity (Wildman–Crippen MR) is 83.8 cm³/mol. The van der Waals surface area contributed by atoms with E-state index in [2.05, 4.69) is 16.2 Å². The van der Waals surface area contributed by atoms with Crippen LogP contribution in [0.25, 0.3) is 10.2 Å². The molecule has 0 radical (unpaired) electrons. The van der Waals surface area contributed by atoms with Gasteiger partial charge in [-0.1, -0.05) is 24.2 Å². The number of nitrogens with zero attached hydrogens (tertiary/aromatic N) is 2. The van der Waals surface area contributed by atoms with E-state index >= 15 is 0 Å². The van der Waals surface area contributed by atoms with Crippen LogP contribution in [0.15, 0.2) is 23.2 Å². The Morgan fingerprint density at radius 3 is 2.86 bits per heavy atom. The molecule has 1 N–H and O–H groups in total. The number of nitrogens with one attached hydrogen (secondary N) is 1. The van der Waals surface area contributed by atoms with E-state index in [1.165, 1.54) is 18.3 Å². The number of thiazole rings is 1.